The van der Waals surface area contributed by atoms with Crippen LogP contribution in [0.5, 0.6) is 0 Å². The lowest BCUT2D eigenvalue weighted by atomic mass is 10.0. The van der Waals surface area contributed by atoms with Gasteiger partial charge in [0.05, 0.1) is 30.2 Å². The van der Waals surface area contributed by atoms with Crippen molar-refractivity contribution in [1.82, 2.24) is 9.21 Å². The van der Waals surface area contributed by atoms with Gasteiger partial charge in [0.15, 0.2) is 0 Å². The Labute approximate surface area is 226 Å². The number of carbonyl (C=O) groups excluding carboxylic acids is 3. The van der Waals surface area contributed by atoms with Crippen molar-refractivity contribution in [1.29, 1.82) is 0 Å². The van der Waals surface area contributed by atoms with Gasteiger partial charge in [0.2, 0.25) is 10.0 Å². The summed E-state index contributed by atoms with van der Waals surface area (Å²) in [6.07, 6.45) is 1.83. The van der Waals surface area contributed by atoms with Crippen LogP contribution in [0.1, 0.15) is 64.8 Å². The van der Waals surface area contributed by atoms with E-state index in [0.717, 1.165) is 23.3 Å². The molecule has 1 aromatic carbocycles. The first kappa shape index (κ1) is 28.1. The van der Waals surface area contributed by atoms with E-state index in [1.54, 1.807) is 18.7 Å². The van der Waals surface area contributed by atoms with Gasteiger partial charge in [-0.3, -0.25) is 4.79 Å². The van der Waals surface area contributed by atoms with E-state index < -0.39 is 28.0 Å². The van der Waals surface area contributed by atoms with Gasteiger partial charge < -0.3 is 19.7 Å². The van der Waals surface area contributed by atoms with Crippen LogP contribution < -0.4 is 5.32 Å². The van der Waals surface area contributed by atoms with Gasteiger partial charge in [-0.2, -0.15) is 4.31 Å². The van der Waals surface area contributed by atoms with Crippen LogP contribution in [-0.2, 0) is 32.5 Å². The number of benzene rings is 1. The molecule has 10 nitrogen and oxygen atoms in total. The van der Waals surface area contributed by atoms with Crippen molar-refractivity contribution in [2.24, 2.45) is 5.92 Å². The number of sulfonamides is 1. The maximum absolute atomic E-state index is 13.1. The number of hydrogen-bond acceptors (Lipinski definition) is 8. The Morgan fingerprint density at radius 3 is 2.45 bits per heavy atom. The first-order chi connectivity index (χ1) is 18.1. The van der Waals surface area contributed by atoms with Crippen LogP contribution >= 0.6 is 11.3 Å². The fourth-order valence-electron chi connectivity index (χ4n) is 4.75. The summed E-state index contributed by atoms with van der Waals surface area (Å²) in [6, 6.07) is 5.81. The summed E-state index contributed by atoms with van der Waals surface area (Å²) in [5.74, 6) is -0.716. The molecule has 1 N–H and O–H groups in total. The third kappa shape index (κ3) is 5.87. The number of nitrogens with one attached hydrogen (secondary N) is 1. The van der Waals surface area contributed by atoms with Crippen LogP contribution in [0.15, 0.2) is 29.2 Å². The van der Waals surface area contributed by atoms with Crippen LogP contribution in [0, 0.1) is 5.92 Å². The minimum Gasteiger partial charge on any atom is -0.462 e. The lowest BCUT2D eigenvalue weighted by Crippen LogP contribution is -2.39. The fraction of sp³-hybridized carbons (Fsp3) is 0.500. The number of thiophene rings is 1. The van der Waals surface area contributed by atoms with E-state index in [2.05, 4.69) is 5.32 Å². The van der Waals surface area contributed by atoms with Crippen molar-refractivity contribution in [2.45, 2.75) is 51.5 Å². The number of fused-ring (bicyclic) bond motifs is 1. The van der Waals surface area contributed by atoms with E-state index in [1.165, 1.54) is 39.9 Å². The number of rotatable bonds is 7. The summed E-state index contributed by atoms with van der Waals surface area (Å²) >= 11 is 1.22. The molecule has 0 spiro atoms. The Balaban J connectivity index is 1.55. The fourth-order valence-corrected chi connectivity index (χ4v) is 7.59. The molecule has 206 valence electrons. The van der Waals surface area contributed by atoms with Gasteiger partial charge in [-0.05, 0) is 68.9 Å². The molecule has 3 heterocycles. The number of amides is 2. The molecule has 2 aliphatic heterocycles. The lowest BCUT2D eigenvalue weighted by molar-refractivity contribution is 0.0526. The average molecular weight is 564 g/mol. The van der Waals surface area contributed by atoms with E-state index in [1.807, 2.05) is 6.92 Å². The molecule has 12 heteroatoms. The second kappa shape index (κ2) is 11.8. The molecule has 2 aromatic rings. The molecule has 1 saturated heterocycles. The zero-order valence-electron chi connectivity index (χ0n) is 21.8. The van der Waals surface area contributed by atoms with Crippen LogP contribution in [0.2, 0.25) is 0 Å². The Kier molecular flexibility index (Phi) is 8.74. The Morgan fingerprint density at radius 2 is 1.79 bits per heavy atom. The van der Waals surface area contributed by atoms with E-state index in [-0.39, 0.29) is 30.2 Å². The normalized spacial score (nSPS) is 18.0. The molecule has 1 aromatic heterocycles. The average Bonchev–Trinajstić information content (AvgIpc) is 3.26. The van der Waals surface area contributed by atoms with Gasteiger partial charge in [0.25, 0.3) is 5.91 Å². The predicted molar refractivity (Wildman–Crippen MR) is 143 cm³/mol. The van der Waals surface area contributed by atoms with Crippen molar-refractivity contribution >= 4 is 44.3 Å². The summed E-state index contributed by atoms with van der Waals surface area (Å²) in [4.78, 5) is 40.6. The van der Waals surface area contributed by atoms with Gasteiger partial charge in [0, 0.05) is 30.1 Å². The third-order valence-corrected chi connectivity index (χ3v) is 9.68. The van der Waals surface area contributed by atoms with Crippen molar-refractivity contribution in [3.63, 3.8) is 0 Å². The van der Waals surface area contributed by atoms with Crippen LogP contribution in [0.4, 0.5) is 9.80 Å². The minimum absolute atomic E-state index is 0.140. The number of piperidine rings is 1. The van der Waals surface area contributed by atoms with Crippen molar-refractivity contribution in [3.8, 4) is 0 Å². The second-order valence-corrected chi connectivity index (χ2v) is 12.4. The molecule has 0 saturated carbocycles. The molecule has 4 rings (SSSR count). The number of ether oxygens (including phenoxy) is 2. The molecule has 0 aliphatic carbocycles. The molecule has 0 radical (unpaired) electrons. The molecule has 0 bridgehead atoms. The lowest BCUT2D eigenvalue weighted by Gasteiger charge is -2.30. The van der Waals surface area contributed by atoms with Gasteiger partial charge in [0.1, 0.15) is 5.00 Å². The predicted octanol–water partition coefficient (Wildman–Crippen LogP) is 4.11. The number of nitrogens with zero attached hydrogens (tertiary/aromatic N) is 2. The van der Waals surface area contributed by atoms with Crippen molar-refractivity contribution < 1.29 is 32.3 Å². The molecule has 38 heavy (non-hydrogen) atoms. The van der Waals surface area contributed by atoms with Gasteiger partial charge in [-0.25, -0.2) is 18.0 Å². The molecule has 1 fully saturated rings. The highest BCUT2D eigenvalue weighted by Gasteiger charge is 2.32. The molecular weight excluding hydrogens is 530 g/mol. The van der Waals surface area contributed by atoms with E-state index in [0.29, 0.717) is 42.5 Å². The van der Waals surface area contributed by atoms with Crippen molar-refractivity contribution in [2.75, 3.05) is 38.2 Å². The monoisotopic (exact) mass is 563 g/mol. The maximum atomic E-state index is 13.1. The first-order valence-electron chi connectivity index (χ1n) is 12.8. The molecule has 1 atom stereocenters. The summed E-state index contributed by atoms with van der Waals surface area (Å²) in [5, 5.41) is 3.14. The zero-order valence-corrected chi connectivity index (χ0v) is 23.5. The summed E-state index contributed by atoms with van der Waals surface area (Å²) in [5.41, 5.74) is 1.30. The molecule has 1 unspecified atom stereocenters. The van der Waals surface area contributed by atoms with Gasteiger partial charge in [-0.15, -0.1) is 11.3 Å². The summed E-state index contributed by atoms with van der Waals surface area (Å²) < 4.78 is 38.0. The summed E-state index contributed by atoms with van der Waals surface area (Å²) in [7, 11) is -3.64. The highest BCUT2D eigenvalue weighted by molar-refractivity contribution is 7.89. The van der Waals surface area contributed by atoms with Crippen LogP contribution in [-0.4, -0.2) is 68.4 Å². The molecule has 2 aliphatic rings. The number of anilines is 1. The Bertz CT molecular complexity index is 1300. The smallest absolute Gasteiger partial charge is 0.410 e. The van der Waals surface area contributed by atoms with Crippen LogP contribution in [0.3, 0.4) is 0 Å². The minimum atomic E-state index is -3.64. The van der Waals surface area contributed by atoms with Crippen LogP contribution in [0.25, 0.3) is 0 Å². The van der Waals surface area contributed by atoms with E-state index in [4.69, 9.17) is 9.47 Å². The SMILES string of the molecule is CCOC(=O)c1c(NC(=O)c2ccc(S(=O)(=O)N3CCCC(C)C3)cc2)sc2c1CCN(C(=O)OCC)C2. The molecular formula is C26H33N3O7S2. The zero-order chi connectivity index (χ0) is 27.4. The van der Waals surface area contributed by atoms with Gasteiger partial charge in [-0.1, -0.05) is 6.92 Å². The van der Waals surface area contributed by atoms with Gasteiger partial charge >= 0.3 is 12.1 Å². The summed E-state index contributed by atoms with van der Waals surface area (Å²) in [6.45, 7) is 7.54. The van der Waals surface area contributed by atoms with E-state index in [9.17, 15) is 22.8 Å². The number of hydrogen-bond donors (Lipinski definition) is 1. The highest BCUT2D eigenvalue weighted by atomic mass is 32.2. The third-order valence-electron chi connectivity index (χ3n) is 6.66. The standard InChI is InChI=1S/C26H33N3O7S2/c1-4-35-25(31)22-20-12-14-28(26(32)36-5-2)16-21(20)37-24(22)27-23(30)18-8-10-19(11-9-18)38(33,34)29-13-6-7-17(3)15-29/h8-11,17H,4-7,12-16H2,1-3H3,(H,27,30). The second-order valence-electron chi connectivity index (χ2n) is 9.39. The topological polar surface area (TPSA) is 122 Å². The van der Waals surface area contributed by atoms with E-state index >= 15 is 0 Å². The quantitative estimate of drug-likeness (QED) is 0.503. The maximum Gasteiger partial charge on any atom is 0.410 e. The Hall–Kier alpha value is -2.96. The number of esters is 1. The first-order valence-corrected chi connectivity index (χ1v) is 15.1. The Morgan fingerprint density at radius 1 is 1.08 bits per heavy atom. The molecule has 2 amide bonds. The highest BCUT2D eigenvalue weighted by Crippen LogP contribution is 2.38. The number of carbonyl (C=O) groups is 3. The van der Waals surface area contributed by atoms with Crippen molar-refractivity contribution in [3.05, 3.63) is 45.8 Å². The largest absolute Gasteiger partial charge is 0.462 e.